The Balaban J connectivity index is 1.68. The zero-order chi connectivity index (χ0) is 16.7. The Kier molecular flexibility index (Phi) is 6.26. The van der Waals surface area contributed by atoms with Crippen LogP contribution >= 0.6 is 0 Å². The lowest BCUT2D eigenvalue weighted by molar-refractivity contribution is 0.0852. The van der Waals surface area contributed by atoms with Gasteiger partial charge in [0.15, 0.2) is 0 Å². The van der Waals surface area contributed by atoms with E-state index in [1.165, 1.54) is 11.1 Å². The molecule has 6 nitrogen and oxygen atoms in total. The van der Waals surface area contributed by atoms with Gasteiger partial charge in [-0.1, -0.05) is 29.8 Å². The zero-order valence-electron chi connectivity index (χ0n) is 13.9. The number of ether oxygens (including phenoxy) is 1. The van der Waals surface area contributed by atoms with E-state index in [0.29, 0.717) is 39.3 Å². The second kappa shape index (κ2) is 8.41. The van der Waals surface area contributed by atoms with Gasteiger partial charge in [0.2, 0.25) is 0 Å². The Labute approximate surface area is 137 Å². The van der Waals surface area contributed by atoms with Crippen molar-refractivity contribution >= 4 is 12.1 Å². The second-order valence-electron chi connectivity index (χ2n) is 5.64. The SMILES string of the molecule is CCOC(=O)N1CCN(C(=O)NCCc2ccc(C)cc2)CC1. The predicted octanol–water partition coefficient (Wildman–Crippen LogP) is 2.02. The molecular formula is C17H25N3O3. The van der Waals surface area contributed by atoms with Crippen molar-refractivity contribution in [3.05, 3.63) is 35.4 Å². The van der Waals surface area contributed by atoms with Crippen LogP contribution in [0.15, 0.2) is 24.3 Å². The molecule has 126 valence electrons. The first-order chi connectivity index (χ1) is 11.1. The average Bonchev–Trinajstić information content (AvgIpc) is 2.57. The third kappa shape index (κ3) is 5.16. The summed E-state index contributed by atoms with van der Waals surface area (Å²) in [4.78, 5) is 27.1. The van der Waals surface area contributed by atoms with Crippen molar-refractivity contribution in [2.45, 2.75) is 20.3 Å². The number of rotatable bonds is 4. The van der Waals surface area contributed by atoms with Gasteiger partial charge >= 0.3 is 12.1 Å². The summed E-state index contributed by atoms with van der Waals surface area (Å²) in [5.41, 5.74) is 2.44. The van der Waals surface area contributed by atoms with Crippen molar-refractivity contribution in [2.24, 2.45) is 0 Å². The first-order valence-electron chi connectivity index (χ1n) is 8.10. The number of hydrogen-bond donors (Lipinski definition) is 1. The molecule has 3 amide bonds. The maximum Gasteiger partial charge on any atom is 0.409 e. The molecule has 23 heavy (non-hydrogen) atoms. The molecule has 6 heteroatoms. The topological polar surface area (TPSA) is 61.9 Å². The van der Waals surface area contributed by atoms with Gasteiger partial charge in [-0.3, -0.25) is 0 Å². The standard InChI is InChI=1S/C17H25N3O3/c1-3-23-17(22)20-12-10-19(11-13-20)16(21)18-9-8-15-6-4-14(2)5-7-15/h4-7H,3,8-13H2,1-2H3,(H,18,21). The van der Waals surface area contributed by atoms with Crippen LogP contribution in [-0.2, 0) is 11.2 Å². The van der Waals surface area contributed by atoms with Gasteiger partial charge in [-0.25, -0.2) is 9.59 Å². The maximum absolute atomic E-state index is 12.1. The van der Waals surface area contributed by atoms with E-state index in [2.05, 4.69) is 36.5 Å². The molecule has 0 spiro atoms. The van der Waals surface area contributed by atoms with Crippen LogP contribution in [0.3, 0.4) is 0 Å². The monoisotopic (exact) mass is 319 g/mol. The lowest BCUT2D eigenvalue weighted by Gasteiger charge is -2.34. The normalized spacial score (nSPS) is 14.5. The van der Waals surface area contributed by atoms with Crippen molar-refractivity contribution in [1.29, 1.82) is 0 Å². The molecule has 1 heterocycles. The number of aryl methyl sites for hydroxylation is 1. The number of hydrogen-bond acceptors (Lipinski definition) is 3. The summed E-state index contributed by atoms with van der Waals surface area (Å²) in [5.74, 6) is 0. The van der Waals surface area contributed by atoms with Gasteiger partial charge in [0.1, 0.15) is 0 Å². The summed E-state index contributed by atoms with van der Waals surface area (Å²) in [5, 5.41) is 2.94. The van der Waals surface area contributed by atoms with E-state index in [-0.39, 0.29) is 12.1 Å². The van der Waals surface area contributed by atoms with E-state index < -0.39 is 0 Å². The molecule has 0 aromatic heterocycles. The van der Waals surface area contributed by atoms with E-state index in [1.807, 2.05) is 0 Å². The minimum atomic E-state index is -0.299. The summed E-state index contributed by atoms with van der Waals surface area (Å²) in [6, 6.07) is 8.25. The minimum Gasteiger partial charge on any atom is -0.450 e. The summed E-state index contributed by atoms with van der Waals surface area (Å²) in [6.07, 6.45) is 0.515. The van der Waals surface area contributed by atoms with Gasteiger partial charge in [0, 0.05) is 32.7 Å². The second-order valence-corrected chi connectivity index (χ2v) is 5.64. The molecule has 0 saturated carbocycles. The first-order valence-corrected chi connectivity index (χ1v) is 8.10. The number of urea groups is 1. The highest BCUT2D eigenvalue weighted by Crippen LogP contribution is 2.05. The molecule has 1 aromatic rings. The predicted molar refractivity (Wildman–Crippen MR) is 88.4 cm³/mol. The fraction of sp³-hybridized carbons (Fsp3) is 0.529. The highest BCUT2D eigenvalue weighted by atomic mass is 16.6. The molecular weight excluding hydrogens is 294 g/mol. The number of piperazine rings is 1. The molecule has 0 unspecified atom stereocenters. The molecule has 1 aliphatic heterocycles. The number of nitrogens with one attached hydrogen (secondary N) is 1. The van der Waals surface area contributed by atoms with Crippen LogP contribution < -0.4 is 5.32 Å². The van der Waals surface area contributed by atoms with Crippen molar-refractivity contribution in [3.8, 4) is 0 Å². The van der Waals surface area contributed by atoms with Crippen LogP contribution in [0.25, 0.3) is 0 Å². The quantitative estimate of drug-likeness (QED) is 0.923. The highest BCUT2D eigenvalue weighted by molar-refractivity contribution is 5.75. The highest BCUT2D eigenvalue weighted by Gasteiger charge is 2.24. The number of nitrogens with zero attached hydrogens (tertiary/aromatic N) is 2. The molecule has 1 fully saturated rings. The smallest absolute Gasteiger partial charge is 0.409 e. The summed E-state index contributed by atoms with van der Waals surface area (Å²) in [6.45, 7) is 6.94. The van der Waals surface area contributed by atoms with Crippen molar-refractivity contribution in [1.82, 2.24) is 15.1 Å². The summed E-state index contributed by atoms with van der Waals surface area (Å²) in [7, 11) is 0. The fourth-order valence-electron chi connectivity index (χ4n) is 2.49. The Bertz CT molecular complexity index is 522. The van der Waals surface area contributed by atoms with E-state index >= 15 is 0 Å². The summed E-state index contributed by atoms with van der Waals surface area (Å²) >= 11 is 0. The van der Waals surface area contributed by atoms with Crippen LogP contribution in [0.1, 0.15) is 18.1 Å². The van der Waals surface area contributed by atoms with Crippen molar-refractivity contribution in [3.63, 3.8) is 0 Å². The molecule has 1 N–H and O–H groups in total. The van der Waals surface area contributed by atoms with Gasteiger partial charge in [0.05, 0.1) is 6.61 Å². The third-order valence-electron chi connectivity index (χ3n) is 3.90. The van der Waals surface area contributed by atoms with E-state index in [1.54, 1.807) is 16.7 Å². The first kappa shape index (κ1) is 17.1. The Morgan fingerprint density at radius 1 is 1.09 bits per heavy atom. The largest absolute Gasteiger partial charge is 0.450 e. The molecule has 0 radical (unpaired) electrons. The number of carbonyl (C=O) groups is 2. The summed E-state index contributed by atoms with van der Waals surface area (Å²) < 4.78 is 4.97. The number of amides is 3. The Morgan fingerprint density at radius 3 is 2.30 bits per heavy atom. The van der Waals surface area contributed by atoms with Crippen LogP contribution in [0.5, 0.6) is 0 Å². The Hall–Kier alpha value is -2.24. The minimum absolute atomic E-state index is 0.0689. The zero-order valence-corrected chi connectivity index (χ0v) is 13.9. The third-order valence-corrected chi connectivity index (χ3v) is 3.90. The maximum atomic E-state index is 12.1. The van der Waals surface area contributed by atoms with Gasteiger partial charge in [-0.2, -0.15) is 0 Å². The van der Waals surface area contributed by atoms with E-state index in [0.717, 1.165) is 6.42 Å². The molecule has 0 aliphatic carbocycles. The Morgan fingerprint density at radius 2 is 1.70 bits per heavy atom. The average molecular weight is 319 g/mol. The molecule has 0 atom stereocenters. The van der Waals surface area contributed by atoms with E-state index in [4.69, 9.17) is 4.74 Å². The van der Waals surface area contributed by atoms with Crippen LogP contribution in [0.4, 0.5) is 9.59 Å². The molecule has 2 rings (SSSR count). The number of benzene rings is 1. The molecule has 0 bridgehead atoms. The number of carbonyl (C=O) groups excluding carboxylic acids is 2. The van der Waals surface area contributed by atoms with Gasteiger partial charge in [-0.05, 0) is 25.8 Å². The van der Waals surface area contributed by atoms with Crippen LogP contribution in [0, 0.1) is 6.92 Å². The lowest BCUT2D eigenvalue weighted by Crippen LogP contribution is -2.53. The van der Waals surface area contributed by atoms with Crippen LogP contribution in [0.2, 0.25) is 0 Å². The van der Waals surface area contributed by atoms with Gasteiger partial charge in [0.25, 0.3) is 0 Å². The van der Waals surface area contributed by atoms with Gasteiger partial charge < -0.3 is 19.9 Å². The van der Waals surface area contributed by atoms with E-state index in [9.17, 15) is 9.59 Å². The van der Waals surface area contributed by atoms with Crippen molar-refractivity contribution < 1.29 is 14.3 Å². The fourth-order valence-corrected chi connectivity index (χ4v) is 2.49. The molecule has 1 aromatic carbocycles. The van der Waals surface area contributed by atoms with Gasteiger partial charge in [-0.15, -0.1) is 0 Å². The molecule has 1 aliphatic rings. The molecule has 1 saturated heterocycles. The van der Waals surface area contributed by atoms with Crippen molar-refractivity contribution in [2.75, 3.05) is 39.3 Å². The lowest BCUT2D eigenvalue weighted by atomic mass is 10.1. The van der Waals surface area contributed by atoms with Crippen LogP contribution in [-0.4, -0.2) is 61.3 Å².